The monoisotopic (exact) mass is 363 g/mol. The quantitative estimate of drug-likeness (QED) is 0.527. The Morgan fingerprint density at radius 2 is 1.68 bits per heavy atom. The molecule has 0 aliphatic carbocycles. The molecule has 0 atom stereocenters. The first-order chi connectivity index (χ1) is 9.34. The van der Waals surface area contributed by atoms with E-state index in [-0.39, 0.29) is 0 Å². The molecule has 0 unspecified atom stereocenters. The Kier molecular flexibility index (Phi) is 4.68. The van der Waals surface area contributed by atoms with Gasteiger partial charge < -0.3 is 5.73 Å². The van der Waals surface area contributed by atoms with Crippen molar-refractivity contribution >= 4 is 39.2 Å². The number of fused-ring (bicyclic) bond motifs is 1. The van der Waals surface area contributed by atoms with E-state index in [0.717, 1.165) is 22.2 Å². The van der Waals surface area contributed by atoms with Crippen molar-refractivity contribution in [1.82, 2.24) is 9.97 Å². The predicted molar refractivity (Wildman–Crippen MR) is 89.3 cm³/mol. The minimum Gasteiger partial charge on any atom is -0.383 e. The molecule has 19 heavy (non-hydrogen) atoms. The molecule has 0 radical (unpaired) electrons. The molecule has 3 rings (SSSR count). The Hall–Kier alpha value is -1.69. The van der Waals surface area contributed by atoms with Crippen molar-refractivity contribution in [2.24, 2.45) is 0 Å². The number of halogens is 1. The molecule has 96 valence electrons. The van der Waals surface area contributed by atoms with Gasteiger partial charge in [0.25, 0.3) is 0 Å². The van der Waals surface area contributed by atoms with Crippen molar-refractivity contribution in [1.29, 1.82) is 0 Å². The summed E-state index contributed by atoms with van der Waals surface area (Å²) in [5.74, 6) is 0.545. The van der Waals surface area contributed by atoms with Crippen molar-refractivity contribution in [2.75, 3.05) is 10.7 Å². The van der Waals surface area contributed by atoms with Crippen LogP contribution in [0.25, 0.3) is 22.2 Å². The lowest BCUT2D eigenvalue weighted by Crippen LogP contribution is -1.95. The Balaban J connectivity index is 0.000000637. The summed E-state index contributed by atoms with van der Waals surface area (Å²) in [5, 5.41) is 2.06. The maximum absolute atomic E-state index is 5.96. The molecular formula is C15H14IN3. The lowest BCUT2D eigenvalue weighted by atomic mass is 10.1. The van der Waals surface area contributed by atoms with Gasteiger partial charge in [-0.3, -0.25) is 4.98 Å². The van der Waals surface area contributed by atoms with E-state index in [9.17, 15) is 0 Å². The number of aromatic nitrogens is 2. The van der Waals surface area contributed by atoms with Crippen LogP contribution in [0.15, 0.2) is 54.7 Å². The highest BCUT2D eigenvalue weighted by Crippen LogP contribution is 2.24. The number of nitrogens with two attached hydrogens (primary N) is 1. The molecule has 3 nitrogen and oxygen atoms in total. The zero-order chi connectivity index (χ0) is 13.7. The van der Waals surface area contributed by atoms with Crippen LogP contribution in [-0.2, 0) is 0 Å². The molecule has 0 aliphatic rings. The van der Waals surface area contributed by atoms with Gasteiger partial charge in [-0.15, -0.1) is 0 Å². The number of pyridine rings is 2. The molecule has 0 bridgehead atoms. The molecule has 1 aromatic carbocycles. The number of alkyl halides is 1. The van der Waals surface area contributed by atoms with Crippen LogP contribution in [0.3, 0.4) is 0 Å². The lowest BCUT2D eigenvalue weighted by Gasteiger charge is -2.05. The maximum atomic E-state index is 5.96. The summed E-state index contributed by atoms with van der Waals surface area (Å²) in [5.41, 5.74) is 7.60. The number of hydrogen-bond donors (Lipinski definition) is 1. The lowest BCUT2D eigenvalue weighted by molar-refractivity contribution is 1.26. The molecule has 2 aromatic heterocycles. The average molecular weight is 363 g/mol. The second kappa shape index (κ2) is 6.47. The Morgan fingerprint density at radius 1 is 0.947 bits per heavy atom. The topological polar surface area (TPSA) is 51.8 Å². The van der Waals surface area contributed by atoms with Gasteiger partial charge in [-0.2, -0.15) is 0 Å². The van der Waals surface area contributed by atoms with Crippen LogP contribution in [0, 0.1) is 0 Å². The van der Waals surface area contributed by atoms with Crippen LogP contribution in [0.1, 0.15) is 0 Å². The Morgan fingerprint density at radius 3 is 2.42 bits per heavy atom. The number of benzene rings is 1. The largest absolute Gasteiger partial charge is 0.383 e. The van der Waals surface area contributed by atoms with Crippen LogP contribution in [0.2, 0.25) is 0 Å². The third-order valence-corrected chi connectivity index (χ3v) is 2.70. The second-order valence-corrected chi connectivity index (χ2v) is 3.83. The first kappa shape index (κ1) is 13.7. The molecule has 0 aliphatic heterocycles. The summed E-state index contributed by atoms with van der Waals surface area (Å²) in [4.78, 5) is 10.6. The second-order valence-electron chi connectivity index (χ2n) is 3.83. The van der Waals surface area contributed by atoms with Crippen molar-refractivity contribution in [3.05, 3.63) is 54.7 Å². The highest BCUT2D eigenvalue weighted by molar-refractivity contribution is 14.1. The van der Waals surface area contributed by atoms with E-state index >= 15 is 0 Å². The summed E-state index contributed by atoms with van der Waals surface area (Å²) < 4.78 is 0. The molecule has 0 spiro atoms. The summed E-state index contributed by atoms with van der Waals surface area (Å²) >= 11 is 2.15. The standard InChI is InChI=1S/C14H11N3.CH3I/c15-14-11-6-2-1-5-10(11)9-13(17-14)12-7-3-4-8-16-12;1-2/h1-9H,(H2,15,17);1H3. The fourth-order valence-electron chi connectivity index (χ4n) is 1.87. The van der Waals surface area contributed by atoms with E-state index in [0.29, 0.717) is 5.82 Å². The third kappa shape index (κ3) is 3.01. The van der Waals surface area contributed by atoms with E-state index in [1.54, 1.807) is 6.20 Å². The molecule has 2 N–H and O–H groups in total. The van der Waals surface area contributed by atoms with Crippen molar-refractivity contribution in [2.45, 2.75) is 0 Å². The van der Waals surface area contributed by atoms with Crippen molar-refractivity contribution in [3.8, 4) is 11.4 Å². The maximum Gasteiger partial charge on any atom is 0.132 e. The number of rotatable bonds is 1. The Bertz CT molecular complexity index is 669. The third-order valence-electron chi connectivity index (χ3n) is 2.70. The first-order valence-electron chi connectivity index (χ1n) is 5.79. The van der Waals surface area contributed by atoms with E-state index in [1.165, 1.54) is 0 Å². The minimum absolute atomic E-state index is 0.545. The molecule has 2 heterocycles. The van der Waals surface area contributed by atoms with E-state index in [4.69, 9.17) is 5.73 Å². The van der Waals surface area contributed by atoms with Gasteiger partial charge in [0.1, 0.15) is 5.82 Å². The molecule has 0 saturated heterocycles. The van der Waals surface area contributed by atoms with Gasteiger partial charge in [-0.1, -0.05) is 52.9 Å². The van der Waals surface area contributed by atoms with Crippen molar-refractivity contribution in [3.63, 3.8) is 0 Å². The molecule has 4 heteroatoms. The SMILES string of the molecule is CI.Nc1nc(-c2ccccn2)cc2ccccc12. The van der Waals surface area contributed by atoms with Crippen LogP contribution in [0.4, 0.5) is 5.82 Å². The van der Waals surface area contributed by atoms with Gasteiger partial charge in [-0.25, -0.2) is 4.98 Å². The highest BCUT2D eigenvalue weighted by atomic mass is 127. The van der Waals surface area contributed by atoms with Gasteiger partial charge in [0.15, 0.2) is 0 Å². The van der Waals surface area contributed by atoms with Gasteiger partial charge >= 0.3 is 0 Å². The molecule has 0 saturated carbocycles. The Labute approximate surface area is 126 Å². The highest BCUT2D eigenvalue weighted by Gasteiger charge is 2.05. The molecule has 3 aromatic rings. The summed E-state index contributed by atoms with van der Waals surface area (Å²) in [7, 11) is 0. The molecular weight excluding hydrogens is 349 g/mol. The predicted octanol–water partition coefficient (Wildman–Crippen LogP) is 3.93. The summed E-state index contributed by atoms with van der Waals surface area (Å²) in [6.07, 6.45) is 1.75. The number of nitrogen functional groups attached to an aromatic ring is 1. The molecule has 0 amide bonds. The van der Waals surface area contributed by atoms with Gasteiger partial charge in [-0.05, 0) is 28.5 Å². The van der Waals surface area contributed by atoms with E-state index < -0.39 is 0 Å². The van der Waals surface area contributed by atoms with Crippen molar-refractivity contribution < 1.29 is 0 Å². The number of hydrogen-bond acceptors (Lipinski definition) is 3. The zero-order valence-corrected chi connectivity index (χ0v) is 12.7. The fourth-order valence-corrected chi connectivity index (χ4v) is 1.87. The normalized spacial score (nSPS) is 9.79. The van der Waals surface area contributed by atoms with Gasteiger partial charge in [0, 0.05) is 11.6 Å². The van der Waals surface area contributed by atoms with Crippen LogP contribution in [0.5, 0.6) is 0 Å². The zero-order valence-electron chi connectivity index (χ0n) is 10.5. The van der Waals surface area contributed by atoms with Gasteiger partial charge in [0.2, 0.25) is 0 Å². The number of nitrogens with zero attached hydrogens (tertiary/aromatic N) is 2. The van der Waals surface area contributed by atoms with E-state index in [2.05, 4.69) is 32.6 Å². The smallest absolute Gasteiger partial charge is 0.132 e. The minimum atomic E-state index is 0.545. The van der Waals surface area contributed by atoms with E-state index in [1.807, 2.05) is 53.5 Å². The van der Waals surface area contributed by atoms with Crippen LogP contribution >= 0.6 is 22.6 Å². The van der Waals surface area contributed by atoms with Crippen LogP contribution in [-0.4, -0.2) is 14.9 Å². The van der Waals surface area contributed by atoms with Crippen LogP contribution < -0.4 is 5.73 Å². The number of anilines is 1. The first-order valence-corrected chi connectivity index (χ1v) is 7.95. The summed E-state index contributed by atoms with van der Waals surface area (Å²) in [6, 6.07) is 15.7. The fraction of sp³-hybridized carbons (Fsp3) is 0.0667. The van der Waals surface area contributed by atoms with Gasteiger partial charge in [0.05, 0.1) is 11.4 Å². The summed E-state index contributed by atoms with van der Waals surface area (Å²) in [6.45, 7) is 0. The molecule has 0 fully saturated rings. The average Bonchev–Trinajstić information content (AvgIpc) is 2.50.